The third-order valence-corrected chi connectivity index (χ3v) is 3.00. The van der Waals surface area contributed by atoms with Crippen LogP contribution in [-0.2, 0) is 4.79 Å². The van der Waals surface area contributed by atoms with Gasteiger partial charge in [0.25, 0.3) is 0 Å². The Kier molecular flexibility index (Phi) is 6.37. The zero-order valence-electron chi connectivity index (χ0n) is 11.2. The van der Waals surface area contributed by atoms with E-state index in [1.807, 2.05) is 6.07 Å². The molecule has 0 fully saturated rings. The Morgan fingerprint density at radius 1 is 1.48 bits per heavy atom. The summed E-state index contributed by atoms with van der Waals surface area (Å²) >= 11 is 1.11. The number of thioether (sulfide) groups is 1. The number of ether oxygens (including phenoxy) is 1. The molecule has 0 aliphatic heterocycles. The monoisotopic (exact) mass is 318 g/mol. The Bertz CT molecular complexity index is 541. The fourth-order valence-electron chi connectivity index (χ4n) is 1.39. The van der Waals surface area contributed by atoms with Crippen molar-refractivity contribution in [2.24, 2.45) is 0 Å². The Hall–Kier alpha value is -1.88. The first-order valence-electron chi connectivity index (χ1n) is 5.86. The van der Waals surface area contributed by atoms with Crippen LogP contribution in [0.1, 0.15) is 5.56 Å². The van der Waals surface area contributed by atoms with Gasteiger partial charge in [-0.05, 0) is 24.6 Å². The van der Waals surface area contributed by atoms with Crippen LogP contribution in [0.3, 0.4) is 0 Å². The maximum Gasteiger partial charge on any atom is 0.422 e. The van der Waals surface area contributed by atoms with Crippen LogP contribution in [0.5, 0.6) is 5.75 Å². The number of carbonyl (C=O) groups excluding carboxylic acids is 1. The van der Waals surface area contributed by atoms with Gasteiger partial charge in [-0.2, -0.15) is 18.4 Å². The smallest absolute Gasteiger partial charge is 0.422 e. The van der Waals surface area contributed by atoms with Gasteiger partial charge >= 0.3 is 6.18 Å². The largest absolute Gasteiger partial charge is 0.482 e. The molecule has 0 spiro atoms. The van der Waals surface area contributed by atoms with E-state index < -0.39 is 18.7 Å². The first-order chi connectivity index (χ1) is 9.81. The fourth-order valence-corrected chi connectivity index (χ4v) is 1.84. The van der Waals surface area contributed by atoms with E-state index in [0.717, 1.165) is 11.8 Å². The Morgan fingerprint density at radius 2 is 2.19 bits per heavy atom. The van der Waals surface area contributed by atoms with Gasteiger partial charge in [0.2, 0.25) is 5.91 Å². The van der Waals surface area contributed by atoms with Crippen molar-refractivity contribution in [3.05, 3.63) is 23.8 Å². The highest BCUT2D eigenvalue weighted by Gasteiger charge is 2.29. The van der Waals surface area contributed by atoms with Gasteiger partial charge in [-0.15, -0.1) is 11.8 Å². The second-order valence-corrected chi connectivity index (χ2v) is 5.09. The molecule has 0 radical (unpaired) electrons. The summed E-state index contributed by atoms with van der Waals surface area (Å²) in [7, 11) is 0. The van der Waals surface area contributed by atoms with Crippen molar-refractivity contribution in [3.63, 3.8) is 0 Å². The molecule has 0 saturated heterocycles. The number of nitriles is 1. The van der Waals surface area contributed by atoms with Crippen molar-refractivity contribution in [2.45, 2.75) is 13.1 Å². The van der Waals surface area contributed by atoms with Gasteiger partial charge in [0, 0.05) is 0 Å². The van der Waals surface area contributed by atoms with Crippen molar-refractivity contribution in [1.29, 1.82) is 5.26 Å². The lowest BCUT2D eigenvalue weighted by atomic mass is 10.2. The van der Waals surface area contributed by atoms with Crippen LogP contribution in [0.2, 0.25) is 0 Å². The van der Waals surface area contributed by atoms with E-state index in [0.29, 0.717) is 5.56 Å². The van der Waals surface area contributed by atoms with Gasteiger partial charge in [0.05, 0.1) is 23.3 Å². The van der Waals surface area contributed by atoms with E-state index in [-0.39, 0.29) is 22.9 Å². The number of hydrogen-bond acceptors (Lipinski definition) is 4. The number of benzene rings is 1. The van der Waals surface area contributed by atoms with Crippen molar-refractivity contribution >= 4 is 23.4 Å². The number of alkyl halides is 3. The standard InChI is InChI=1S/C13H13F3N2O2S/c1-9-2-3-10(18-12(19)7-21-5-4-17)11(6-9)20-8-13(14,15)16/h2-3,6H,5,7-8H2,1H3,(H,18,19). The molecule has 1 amide bonds. The molecule has 8 heteroatoms. The summed E-state index contributed by atoms with van der Waals surface area (Å²) < 4.78 is 41.3. The topological polar surface area (TPSA) is 62.1 Å². The first kappa shape index (κ1) is 17.2. The molecule has 21 heavy (non-hydrogen) atoms. The van der Waals surface area contributed by atoms with Crippen LogP contribution in [0.25, 0.3) is 0 Å². The SMILES string of the molecule is Cc1ccc(NC(=O)CSCC#N)c(OCC(F)(F)F)c1. The summed E-state index contributed by atoms with van der Waals surface area (Å²) in [6.45, 7) is 0.275. The lowest BCUT2D eigenvalue weighted by molar-refractivity contribution is -0.153. The third-order valence-electron chi connectivity index (χ3n) is 2.20. The van der Waals surface area contributed by atoms with Crippen LogP contribution in [0.15, 0.2) is 18.2 Å². The molecular formula is C13H13F3N2O2S. The summed E-state index contributed by atoms with van der Waals surface area (Å²) in [5, 5.41) is 10.8. The van der Waals surface area contributed by atoms with E-state index in [1.54, 1.807) is 13.0 Å². The highest BCUT2D eigenvalue weighted by molar-refractivity contribution is 8.00. The highest BCUT2D eigenvalue weighted by atomic mass is 32.2. The van der Waals surface area contributed by atoms with Crippen LogP contribution >= 0.6 is 11.8 Å². The molecule has 0 bridgehead atoms. The minimum Gasteiger partial charge on any atom is -0.482 e. The van der Waals surface area contributed by atoms with Gasteiger partial charge in [-0.3, -0.25) is 4.79 Å². The molecule has 0 unspecified atom stereocenters. The summed E-state index contributed by atoms with van der Waals surface area (Å²) in [6.07, 6.45) is -4.45. The van der Waals surface area contributed by atoms with E-state index in [9.17, 15) is 18.0 Å². The maximum absolute atomic E-state index is 12.2. The quantitative estimate of drug-likeness (QED) is 0.819. The first-order valence-corrected chi connectivity index (χ1v) is 7.02. The number of carbonyl (C=O) groups is 1. The number of hydrogen-bond donors (Lipinski definition) is 1. The van der Waals surface area contributed by atoms with E-state index in [1.165, 1.54) is 12.1 Å². The predicted octanol–water partition coefficient (Wildman–Crippen LogP) is 3.13. The average Bonchev–Trinajstić information content (AvgIpc) is 2.38. The molecule has 0 aromatic heterocycles. The molecule has 1 aromatic carbocycles. The molecule has 0 aliphatic carbocycles. The van der Waals surface area contributed by atoms with Gasteiger partial charge in [0.15, 0.2) is 6.61 Å². The Labute approximate surface area is 124 Å². The van der Waals surface area contributed by atoms with E-state index >= 15 is 0 Å². The number of anilines is 1. The minimum atomic E-state index is -4.45. The molecule has 1 rings (SSSR count). The molecule has 1 N–H and O–H groups in total. The summed E-state index contributed by atoms with van der Waals surface area (Å²) in [6, 6.07) is 6.43. The Morgan fingerprint density at radius 3 is 2.81 bits per heavy atom. The fraction of sp³-hybridized carbons (Fsp3) is 0.385. The second-order valence-electron chi connectivity index (χ2n) is 4.10. The number of rotatable bonds is 6. The maximum atomic E-state index is 12.2. The normalized spacial score (nSPS) is 10.8. The molecule has 0 heterocycles. The summed E-state index contributed by atoms with van der Waals surface area (Å²) in [5.74, 6) is -0.235. The van der Waals surface area contributed by atoms with Crippen molar-refractivity contribution in [3.8, 4) is 11.8 Å². The Balaban J connectivity index is 2.72. The number of aryl methyl sites for hydroxylation is 1. The van der Waals surface area contributed by atoms with Crippen LogP contribution < -0.4 is 10.1 Å². The molecular weight excluding hydrogens is 305 g/mol. The lowest BCUT2D eigenvalue weighted by Gasteiger charge is -2.14. The molecule has 0 atom stereocenters. The van der Waals surface area contributed by atoms with E-state index in [2.05, 4.69) is 5.32 Å². The van der Waals surface area contributed by atoms with Crippen LogP contribution in [0.4, 0.5) is 18.9 Å². The third kappa shape index (κ3) is 6.90. The number of nitrogens with zero attached hydrogens (tertiary/aromatic N) is 1. The van der Waals surface area contributed by atoms with Crippen molar-refractivity contribution < 1.29 is 22.7 Å². The van der Waals surface area contributed by atoms with Gasteiger partial charge in [-0.25, -0.2) is 0 Å². The number of nitrogens with one attached hydrogen (secondary N) is 1. The van der Waals surface area contributed by atoms with Gasteiger partial charge < -0.3 is 10.1 Å². The van der Waals surface area contributed by atoms with Gasteiger partial charge in [0.1, 0.15) is 5.75 Å². The van der Waals surface area contributed by atoms with Crippen LogP contribution in [0, 0.1) is 18.3 Å². The molecule has 114 valence electrons. The molecule has 0 aliphatic rings. The summed E-state index contributed by atoms with van der Waals surface area (Å²) in [5.41, 5.74) is 0.886. The van der Waals surface area contributed by atoms with Crippen molar-refractivity contribution in [1.82, 2.24) is 0 Å². The molecule has 1 aromatic rings. The number of halogens is 3. The van der Waals surface area contributed by atoms with Gasteiger partial charge in [-0.1, -0.05) is 6.07 Å². The number of amides is 1. The zero-order chi connectivity index (χ0) is 15.9. The average molecular weight is 318 g/mol. The minimum absolute atomic E-state index is 0.0361. The zero-order valence-corrected chi connectivity index (χ0v) is 12.0. The van der Waals surface area contributed by atoms with Crippen molar-refractivity contribution in [2.75, 3.05) is 23.4 Å². The molecule has 0 saturated carbocycles. The predicted molar refractivity (Wildman–Crippen MR) is 74.3 cm³/mol. The van der Waals surface area contributed by atoms with E-state index in [4.69, 9.17) is 10.00 Å². The van der Waals surface area contributed by atoms with Crippen LogP contribution in [-0.4, -0.2) is 30.2 Å². The highest BCUT2D eigenvalue weighted by Crippen LogP contribution is 2.28. The lowest BCUT2D eigenvalue weighted by Crippen LogP contribution is -2.21. The molecule has 4 nitrogen and oxygen atoms in total. The summed E-state index contributed by atoms with van der Waals surface area (Å²) in [4.78, 5) is 11.6. The second kappa shape index (κ2) is 7.78.